The largest absolute Gasteiger partial charge is 0.300 e. The van der Waals surface area contributed by atoms with Gasteiger partial charge in [0.1, 0.15) is 0 Å². The molecule has 0 N–H and O–H groups in total. The summed E-state index contributed by atoms with van der Waals surface area (Å²) < 4.78 is 0. The van der Waals surface area contributed by atoms with Crippen LogP contribution in [0.2, 0.25) is 0 Å². The number of hydrogen-bond acceptors (Lipinski definition) is 2. The molecule has 17 heavy (non-hydrogen) atoms. The maximum atomic E-state index is 2.66. The first-order valence-corrected chi connectivity index (χ1v) is 6.81. The van der Waals surface area contributed by atoms with Gasteiger partial charge in [0.05, 0.1) is 0 Å². The summed E-state index contributed by atoms with van der Waals surface area (Å²) in [4.78, 5) is 5.26. The second-order valence-corrected chi connectivity index (χ2v) is 5.55. The van der Waals surface area contributed by atoms with Gasteiger partial charge in [-0.1, -0.05) is 30.3 Å². The minimum atomic E-state index is 0.824. The lowest BCUT2D eigenvalue weighted by atomic mass is 10.1. The van der Waals surface area contributed by atoms with Gasteiger partial charge in [-0.3, -0.25) is 9.80 Å². The molecule has 2 nitrogen and oxygen atoms in total. The van der Waals surface area contributed by atoms with Gasteiger partial charge in [0.25, 0.3) is 0 Å². The molecule has 0 saturated carbocycles. The fraction of sp³-hybridized carbons (Fsp3) is 0.600. The minimum Gasteiger partial charge on any atom is -0.300 e. The summed E-state index contributed by atoms with van der Waals surface area (Å²) in [7, 11) is 2.30. The van der Waals surface area contributed by atoms with E-state index < -0.39 is 0 Å². The summed E-state index contributed by atoms with van der Waals surface area (Å²) in [6.07, 6.45) is 4.01. The molecule has 2 saturated heterocycles. The molecule has 0 radical (unpaired) electrons. The van der Waals surface area contributed by atoms with Crippen LogP contribution < -0.4 is 0 Å². The van der Waals surface area contributed by atoms with E-state index in [2.05, 4.69) is 47.2 Å². The highest BCUT2D eigenvalue weighted by molar-refractivity contribution is 5.15. The molecule has 0 aliphatic carbocycles. The predicted molar refractivity (Wildman–Crippen MR) is 71.2 cm³/mol. The molecule has 2 bridgehead atoms. The zero-order chi connectivity index (χ0) is 11.7. The van der Waals surface area contributed by atoms with E-state index >= 15 is 0 Å². The van der Waals surface area contributed by atoms with Gasteiger partial charge in [-0.25, -0.2) is 0 Å². The Kier molecular flexibility index (Phi) is 3.17. The van der Waals surface area contributed by atoms with Crippen LogP contribution in [0.1, 0.15) is 18.4 Å². The number of nitrogens with zero attached hydrogens (tertiary/aromatic N) is 2. The molecule has 0 amide bonds. The van der Waals surface area contributed by atoms with E-state index in [0.29, 0.717) is 0 Å². The van der Waals surface area contributed by atoms with Crippen LogP contribution in [-0.2, 0) is 6.42 Å². The predicted octanol–water partition coefficient (Wildman–Crippen LogP) is 2.01. The number of hydrogen-bond donors (Lipinski definition) is 0. The molecule has 1 aromatic carbocycles. The molecular formula is C15H22N2. The quantitative estimate of drug-likeness (QED) is 0.784. The first kappa shape index (κ1) is 11.2. The van der Waals surface area contributed by atoms with Crippen molar-refractivity contribution >= 4 is 0 Å². The van der Waals surface area contributed by atoms with Crippen LogP contribution in [0.15, 0.2) is 30.3 Å². The van der Waals surface area contributed by atoms with E-state index in [1.165, 1.54) is 44.5 Å². The van der Waals surface area contributed by atoms with Gasteiger partial charge in [-0.15, -0.1) is 0 Å². The molecule has 3 rings (SSSR count). The Balaban J connectivity index is 1.54. The van der Waals surface area contributed by atoms with Gasteiger partial charge < -0.3 is 0 Å². The standard InChI is InChI=1S/C15H22N2/c1-16-14-7-8-15(16)12-17(11-14)10-9-13-5-3-2-4-6-13/h2-6,14-15H,7-12H2,1H3. The van der Waals surface area contributed by atoms with Gasteiger partial charge >= 0.3 is 0 Å². The summed E-state index contributed by atoms with van der Waals surface area (Å²) >= 11 is 0. The fourth-order valence-corrected chi connectivity index (χ4v) is 3.32. The van der Waals surface area contributed by atoms with Crippen molar-refractivity contribution in [2.75, 3.05) is 26.7 Å². The third kappa shape index (κ3) is 2.38. The number of piperazine rings is 1. The molecule has 2 heterocycles. The highest BCUT2D eigenvalue weighted by Gasteiger charge is 2.36. The third-order valence-corrected chi connectivity index (χ3v) is 4.48. The molecule has 1 aromatic rings. The molecule has 0 aromatic heterocycles. The van der Waals surface area contributed by atoms with Crippen LogP contribution in [0.4, 0.5) is 0 Å². The normalized spacial score (nSPS) is 29.7. The fourth-order valence-electron chi connectivity index (χ4n) is 3.32. The van der Waals surface area contributed by atoms with Gasteiger partial charge in [-0.05, 0) is 31.9 Å². The van der Waals surface area contributed by atoms with Crippen molar-refractivity contribution in [1.29, 1.82) is 0 Å². The van der Waals surface area contributed by atoms with Crippen molar-refractivity contribution < 1.29 is 0 Å². The van der Waals surface area contributed by atoms with E-state index in [1.54, 1.807) is 0 Å². The Hall–Kier alpha value is -0.860. The lowest BCUT2D eigenvalue weighted by Crippen LogP contribution is -2.52. The summed E-state index contributed by atoms with van der Waals surface area (Å²) in [5, 5.41) is 0. The minimum absolute atomic E-state index is 0.824. The lowest BCUT2D eigenvalue weighted by molar-refractivity contribution is 0.0896. The number of likely N-dealkylation sites (N-methyl/N-ethyl adjacent to an activating group) is 1. The molecule has 0 spiro atoms. The van der Waals surface area contributed by atoms with Crippen molar-refractivity contribution in [1.82, 2.24) is 9.80 Å². The molecule has 2 unspecified atom stereocenters. The van der Waals surface area contributed by atoms with Gasteiger partial charge in [-0.2, -0.15) is 0 Å². The molecular weight excluding hydrogens is 208 g/mol. The van der Waals surface area contributed by atoms with Crippen LogP contribution in [0.25, 0.3) is 0 Å². The number of rotatable bonds is 3. The van der Waals surface area contributed by atoms with E-state index in [0.717, 1.165) is 12.1 Å². The van der Waals surface area contributed by atoms with Crippen LogP contribution in [0, 0.1) is 0 Å². The highest BCUT2D eigenvalue weighted by atomic mass is 15.3. The smallest absolute Gasteiger partial charge is 0.0224 e. The van der Waals surface area contributed by atoms with Crippen molar-refractivity contribution in [3.8, 4) is 0 Å². The maximum absolute atomic E-state index is 2.66. The SMILES string of the molecule is CN1C2CCC1CN(CCc1ccccc1)C2. The van der Waals surface area contributed by atoms with Crippen molar-refractivity contribution in [3.63, 3.8) is 0 Å². The Labute approximate surface area is 104 Å². The van der Waals surface area contributed by atoms with Crippen molar-refractivity contribution in [3.05, 3.63) is 35.9 Å². The van der Waals surface area contributed by atoms with Crippen LogP contribution in [0.5, 0.6) is 0 Å². The molecule has 2 fully saturated rings. The van der Waals surface area contributed by atoms with Gasteiger partial charge in [0.2, 0.25) is 0 Å². The molecule has 2 heteroatoms. The average molecular weight is 230 g/mol. The van der Waals surface area contributed by atoms with Crippen LogP contribution >= 0.6 is 0 Å². The number of fused-ring (bicyclic) bond motifs is 2. The summed E-state index contributed by atoms with van der Waals surface area (Å²) in [6.45, 7) is 3.78. The Morgan fingerprint density at radius 2 is 1.71 bits per heavy atom. The zero-order valence-corrected chi connectivity index (χ0v) is 10.7. The van der Waals surface area contributed by atoms with E-state index in [4.69, 9.17) is 0 Å². The van der Waals surface area contributed by atoms with Crippen LogP contribution in [0.3, 0.4) is 0 Å². The van der Waals surface area contributed by atoms with E-state index in [1.807, 2.05) is 0 Å². The van der Waals surface area contributed by atoms with E-state index in [9.17, 15) is 0 Å². The van der Waals surface area contributed by atoms with E-state index in [-0.39, 0.29) is 0 Å². The average Bonchev–Trinajstić information content (AvgIpc) is 2.61. The Morgan fingerprint density at radius 3 is 2.35 bits per heavy atom. The first-order chi connectivity index (χ1) is 8.33. The summed E-state index contributed by atoms with van der Waals surface area (Å²) in [6, 6.07) is 12.5. The lowest BCUT2D eigenvalue weighted by Gasteiger charge is -2.38. The van der Waals surface area contributed by atoms with Crippen molar-refractivity contribution in [2.45, 2.75) is 31.3 Å². The Morgan fingerprint density at radius 1 is 1.06 bits per heavy atom. The summed E-state index contributed by atoms with van der Waals surface area (Å²) in [5.41, 5.74) is 1.47. The second kappa shape index (κ2) is 4.79. The third-order valence-electron chi connectivity index (χ3n) is 4.48. The monoisotopic (exact) mass is 230 g/mol. The number of likely N-dealkylation sites (tertiary alicyclic amines) is 1. The highest BCUT2D eigenvalue weighted by Crippen LogP contribution is 2.28. The molecule has 92 valence electrons. The second-order valence-electron chi connectivity index (χ2n) is 5.55. The Bertz CT molecular complexity index is 348. The van der Waals surface area contributed by atoms with Crippen molar-refractivity contribution in [2.24, 2.45) is 0 Å². The first-order valence-electron chi connectivity index (χ1n) is 6.81. The molecule has 2 atom stereocenters. The van der Waals surface area contributed by atoms with Gasteiger partial charge in [0.15, 0.2) is 0 Å². The maximum Gasteiger partial charge on any atom is 0.0224 e. The topological polar surface area (TPSA) is 6.48 Å². The zero-order valence-electron chi connectivity index (χ0n) is 10.7. The number of benzene rings is 1. The van der Waals surface area contributed by atoms with Gasteiger partial charge in [0, 0.05) is 31.7 Å². The molecule has 2 aliphatic heterocycles. The summed E-state index contributed by atoms with van der Waals surface area (Å²) in [5.74, 6) is 0. The molecule has 2 aliphatic rings. The van der Waals surface area contributed by atoms with Crippen LogP contribution in [-0.4, -0.2) is 48.6 Å².